The van der Waals surface area contributed by atoms with E-state index in [0.717, 1.165) is 38.0 Å². The van der Waals surface area contributed by atoms with E-state index in [2.05, 4.69) is 40.6 Å². The van der Waals surface area contributed by atoms with Crippen LogP contribution in [0.4, 0.5) is 0 Å². The van der Waals surface area contributed by atoms with E-state index in [1.54, 1.807) is 7.11 Å². The van der Waals surface area contributed by atoms with Crippen molar-refractivity contribution in [3.8, 4) is 5.75 Å². The number of nitrogens with one attached hydrogen (secondary N) is 1. The van der Waals surface area contributed by atoms with Crippen LogP contribution in [-0.2, 0) is 17.6 Å². The average molecular weight is 338 g/mol. The molecule has 2 aliphatic rings. The van der Waals surface area contributed by atoms with Gasteiger partial charge in [0.25, 0.3) is 0 Å². The number of hydrogen-bond acceptors (Lipinski definition) is 4. The van der Waals surface area contributed by atoms with Crippen molar-refractivity contribution in [2.75, 3.05) is 20.8 Å². The Morgan fingerprint density at radius 1 is 1.20 bits per heavy atom. The van der Waals surface area contributed by atoms with E-state index in [1.807, 2.05) is 19.5 Å². The Labute approximate surface area is 149 Å². The molecule has 4 heteroatoms. The first-order chi connectivity index (χ1) is 12.2. The Kier molecular flexibility index (Phi) is 4.48. The van der Waals surface area contributed by atoms with Crippen molar-refractivity contribution in [3.05, 3.63) is 59.4 Å². The molecule has 1 spiro atoms. The highest BCUT2D eigenvalue weighted by Crippen LogP contribution is 2.54. The molecule has 1 saturated heterocycles. The number of methoxy groups -OCH3 is 2. The summed E-state index contributed by atoms with van der Waals surface area (Å²) in [6.07, 6.45) is 8.33. The van der Waals surface area contributed by atoms with Crippen molar-refractivity contribution in [2.45, 2.75) is 37.8 Å². The lowest BCUT2D eigenvalue weighted by atomic mass is 9.71. The SMILES string of the molecule is COc1ccc2c(c1)[C@H](OC)C1(CCN[C@H](Cc3ccncc3)C1)C2. The standard InChI is InChI=1S/C21H26N2O2/c1-24-18-4-3-16-13-21(20(25-2)19(16)12-18)7-10-23-17(14-21)11-15-5-8-22-9-6-15/h3-6,8-9,12,17,20,23H,7,10-11,13-14H2,1-2H3/t17-,20+,21?/m1/s1. The maximum Gasteiger partial charge on any atom is 0.119 e. The Balaban J connectivity index is 1.58. The van der Waals surface area contributed by atoms with Crippen LogP contribution in [0.1, 0.15) is 35.6 Å². The molecule has 0 amide bonds. The number of nitrogens with zero attached hydrogens (tertiary/aromatic N) is 1. The lowest BCUT2D eigenvalue weighted by molar-refractivity contribution is -0.0290. The minimum absolute atomic E-state index is 0.152. The lowest BCUT2D eigenvalue weighted by Crippen LogP contribution is -2.47. The summed E-state index contributed by atoms with van der Waals surface area (Å²) in [6.45, 7) is 1.04. The molecule has 3 atom stereocenters. The van der Waals surface area contributed by atoms with Gasteiger partial charge in [-0.05, 0) is 73.2 Å². The van der Waals surface area contributed by atoms with Gasteiger partial charge in [0.05, 0.1) is 13.2 Å². The number of piperidine rings is 1. The third kappa shape index (κ3) is 3.05. The van der Waals surface area contributed by atoms with Crippen molar-refractivity contribution in [2.24, 2.45) is 5.41 Å². The van der Waals surface area contributed by atoms with Gasteiger partial charge in [0.2, 0.25) is 0 Å². The summed E-state index contributed by atoms with van der Waals surface area (Å²) in [4.78, 5) is 4.13. The van der Waals surface area contributed by atoms with E-state index in [4.69, 9.17) is 9.47 Å². The van der Waals surface area contributed by atoms with Crippen molar-refractivity contribution in [1.29, 1.82) is 0 Å². The maximum atomic E-state index is 6.04. The second-order valence-corrected chi connectivity index (χ2v) is 7.38. The fourth-order valence-electron chi connectivity index (χ4n) is 4.82. The number of rotatable bonds is 4. The molecular formula is C21H26N2O2. The van der Waals surface area contributed by atoms with Crippen LogP contribution in [0, 0.1) is 5.41 Å². The molecule has 132 valence electrons. The summed E-state index contributed by atoms with van der Waals surface area (Å²) in [5, 5.41) is 3.71. The molecule has 1 unspecified atom stereocenters. The van der Waals surface area contributed by atoms with Crippen molar-refractivity contribution >= 4 is 0 Å². The van der Waals surface area contributed by atoms with Gasteiger partial charge >= 0.3 is 0 Å². The number of benzene rings is 1. The molecule has 0 radical (unpaired) electrons. The summed E-state index contributed by atoms with van der Waals surface area (Å²) in [7, 11) is 3.57. The third-order valence-electron chi connectivity index (χ3n) is 5.91. The fraction of sp³-hybridized carbons (Fsp3) is 0.476. The van der Waals surface area contributed by atoms with Crippen LogP contribution in [0.2, 0.25) is 0 Å². The van der Waals surface area contributed by atoms with Crippen molar-refractivity contribution < 1.29 is 9.47 Å². The van der Waals surface area contributed by atoms with Gasteiger partial charge in [-0.3, -0.25) is 4.98 Å². The Hall–Kier alpha value is -1.91. The van der Waals surface area contributed by atoms with Gasteiger partial charge in [-0.1, -0.05) is 6.07 Å². The Morgan fingerprint density at radius 2 is 2.04 bits per heavy atom. The summed E-state index contributed by atoms with van der Waals surface area (Å²) < 4.78 is 11.5. The van der Waals surface area contributed by atoms with Gasteiger partial charge in [0, 0.05) is 31.0 Å². The predicted octanol–water partition coefficient (Wildman–Crippen LogP) is 3.31. The van der Waals surface area contributed by atoms with Gasteiger partial charge < -0.3 is 14.8 Å². The van der Waals surface area contributed by atoms with Crippen molar-refractivity contribution in [1.82, 2.24) is 10.3 Å². The molecule has 4 rings (SSSR count). The normalized spacial score (nSPS) is 28.1. The third-order valence-corrected chi connectivity index (χ3v) is 5.91. The molecule has 1 N–H and O–H groups in total. The zero-order chi connectivity index (χ0) is 17.3. The smallest absolute Gasteiger partial charge is 0.119 e. The van der Waals surface area contributed by atoms with Gasteiger partial charge in [0.1, 0.15) is 5.75 Å². The molecule has 25 heavy (non-hydrogen) atoms. The van der Waals surface area contributed by atoms with E-state index < -0.39 is 0 Å². The number of pyridine rings is 1. The summed E-state index contributed by atoms with van der Waals surface area (Å²) in [6, 6.07) is 11.2. The molecule has 1 fully saturated rings. The molecule has 1 aliphatic carbocycles. The van der Waals surface area contributed by atoms with Gasteiger partial charge in [0.15, 0.2) is 0 Å². The van der Waals surface area contributed by atoms with Crippen molar-refractivity contribution in [3.63, 3.8) is 0 Å². The van der Waals surface area contributed by atoms with Crippen LogP contribution >= 0.6 is 0 Å². The fourth-order valence-corrected chi connectivity index (χ4v) is 4.82. The summed E-state index contributed by atoms with van der Waals surface area (Å²) >= 11 is 0. The molecule has 1 aromatic carbocycles. The van der Waals surface area contributed by atoms with Crippen LogP contribution in [0.3, 0.4) is 0 Å². The summed E-state index contributed by atoms with van der Waals surface area (Å²) in [5.41, 5.74) is 4.26. The molecule has 0 bridgehead atoms. The minimum atomic E-state index is 0.152. The molecule has 0 saturated carbocycles. The van der Waals surface area contributed by atoms with E-state index >= 15 is 0 Å². The van der Waals surface area contributed by atoms with Gasteiger partial charge in [-0.15, -0.1) is 0 Å². The van der Waals surface area contributed by atoms with E-state index in [1.165, 1.54) is 16.7 Å². The number of aromatic nitrogens is 1. The molecule has 2 heterocycles. The Morgan fingerprint density at radius 3 is 2.80 bits per heavy atom. The largest absolute Gasteiger partial charge is 0.497 e. The first kappa shape index (κ1) is 16.6. The minimum Gasteiger partial charge on any atom is -0.497 e. The highest BCUT2D eigenvalue weighted by atomic mass is 16.5. The van der Waals surface area contributed by atoms with E-state index in [0.29, 0.717) is 6.04 Å². The van der Waals surface area contributed by atoms with Crippen LogP contribution in [0.25, 0.3) is 0 Å². The zero-order valence-electron chi connectivity index (χ0n) is 15.0. The van der Waals surface area contributed by atoms with Gasteiger partial charge in [-0.25, -0.2) is 0 Å². The second kappa shape index (κ2) is 6.77. The number of hydrogen-bond donors (Lipinski definition) is 1. The first-order valence-corrected chi connectivity index (χ1v) is 9.06. The average Bonchev–Trinajstić information content (AvgIpc) is 2.93. The lowest BCUT2D eigenvalue weighted by Gasteiger charge is -2.42. The molecule has 1 aromatic heterocycles. The highest BCUT2D eigenvalue weighted by Gasteiger charge is 2.49. The van der Waals surface area contributed by atoms with E-state index in [9.17, 15) is 0 Å². The van der Waals surface area contributed by atoms with Crippen LogP contribution < -0.4 is 10.1 Å². The highest BCUT2D eigenvalue weighted by molar-refractivity contribution is 5.43. The zero-order valence-corrected chi connectivity index (χ0v) is 15.0. The maximum absolute atomic E-state index is 6.04. The molecule has 2 aromatic rings. The van der Waals surface area contributed by atoms with Gasteiger partial charge in [-0.2, -0.15) is 0 Å². The predicted molar refractivity (Wildman–Crippen MR) is 97.8 cm³/mol. The van der Waals surface area contributed by atoms with Crippen LogP contribution in [0.15, 0.2) is 42.7 Å². The van der Waals surface area contributed by atoms with E-state index in [-0.39, 0.29) is 11.5 Å². The topological polar surface area (TPSA) is 43.4 Å². The second-order valence-electron chi connectivity index (χ2n) is 7.38. The van der Waals surface area contributed by atoms with Crippen LogP contribution in [0.5, 0.6) is 5.75 Å². The number of ether oxygens (including phenoxy) is 2. The Bertz CT molecular complexity index is 734. The first-order valence-electron chi connectivity index (χ1n) is 9.06. The number of fused-ring (bicyclic) bond motifs is 1. The molecule has 1 aliphatic heterocycles. The summed E-state index contributed by atoms with van der Waals surface area (Å²) in [5.74, 6) is 0.917. The monoisotopic (exact) mass is 338 g/mol. The quantitative estimate of drug-likeness (QED) is 0.929. The molecular weight excluding hydrogens is 312 g/mol. The molecule has 4 nitrogen and oxygen atoms in total. The van der Waals surface area contributed by atoms with Crippen LogP contribution in [-0.4, -0.2) is 31.8 Å².